The lowest BCUT2D eigenvalue weighted by molar-refractivity contribution is -0.131. The molecule has 0 aliphatic rings. The van der Waals surface area contributed by atoms with Crippen molar-refractivity contribution in [2.24, 2.45) is 7.05 Å². The van der Waals surface area contributed by atoms with Crippen LogP contribution < -0.4 is 0 Å². The largest absolute Gasteiger partial charge is 0.478 e. The Morgan fingerprint density at radius 3 is 3.00 bits per heavy atom. The van der Waals surface area contributed by atoms with Gasteiger partial charge in [-0.2, -0.15) is 0 Å². The highest BCUT2D eigenvalue weighted by Crippen LogP contribution is 1.99. The molecule has 0 saturated carbocycles. The van der Waals surface area contributed by atoms with Gasteiger partial charge in [0.25, 0.3) is 0 Å². The highest BCUT2D eigenvalue weighted by Gasteiger charge is 2.00. The van der Waals surface area contributed by atoms with Crippen LogP contribution in [0.25, 0.3) is 0 Å². The van der Waals surface area contributed by atoms with Gasteiger partial charge in [0.1, 0.15) is 5.82 Å². The van der Waals surface area contributed by atoms with Crippen LogP contribution in [0.4, 0.5) is 0 Å². The molecule has 0 aromatic carbocycles. The molecule has 5 nitrogen and oxygen atoms in total. The van der Waals surface area contributed by atoms with Gasteiger partial charge in [-0.25, -0.2) is 9.78 Å². The number of rotatable bonds is 4. The molecule has 0 radical (unpaired) electrons. The minimum absolute atomic E-state index is 0.591. The molecule has 0 saturated heterocycles. The van der Waals surface area contributed by atoms with Crippen LogP contribution in [0.1, 0.15) is 5.82 Å². The van der Waals surface area contributed by atoms with Crippen LogP contribution in [0.15, 0.2) is 24.7 Å². The SMILES string of the molecule is CN(C=CC(=O)O)Cc1nccn1C. The molecule has 1 aromatic rings. The molecule has 0 spiro atoms. The highest BCUT2D eigenvalue weighted by molar-refractivity contribution is 5.79. The van der Waals surface area contributed by atoms with Crippen molar-refractivity contribution in [1.82, 2.24) is 14.5 Å². The van der Waals surface area contributed by atoms with Gasteiger partial charge in [0, 0.05) is 38.8 Å². The van der Waals surface area contributed by atoms with E-state index >= 15 is 0 Å². The van der Waals surface area contributed by atoms with Gasteiger partial charge in [-0.05, 0) is 0 Å². The fraction of sp³-hybridized carbons (Fsp3) is 0.333. The van der Waals surface area contributed by atoms with Gasteiger partial charge in [0.2, 0.25) is 0 Å². The van der Waals surface area contributed by atoms with Gasteiger partial charge < -0.3 is 14.6 Å². The Bertz CT molecular complexity index is 344. The molecule has 14 heavy (non-hydrogen) atoms. The maximum absolute atomic E-state index is 10.2. The molecule has 0 aliphatic heterocycles. The van der Waals surface area contributed by atoms with Crippen LogP contribution >= 0.6 is 0 Å². The summed E-state index contributed by atoms with van der Waals surface area (Å²) in [7, 11) is 3.70. The third-order valence-electron chi connectivity index (χ3n) is 1.78. The van der Waals surface area contributed by atoms with Crippen molar-refractivity contribution >= 4 is 5.97 Å². The first kappa shape index (κ1) is 10.3. The van der Waals surface area contributed by atoms with Gasteiger partial charge in [0.05, 0.1) is 6.54 Å². The molecule has 0 bridgehead atoms. The van der Waals surface area contributed by atoms with Crippen molar-refractivity contribution in [1.29, 1.82) is 0 Å². The van der Waals surface area contributed by atoms with E-state index in [1.807, 2.05) is 17.8 Å². The summed E-state index contributed by atoms with van der Waals surface area (Å²) >= 11 is 0. The molecule has 1 N–H and O–H groups in total. The quantitative estimate of drug-likeness (QED) is 0.709. The summed E-state index contributed by atoms with van der Waals surface area (Å²) in [6.07, 6.45) is 6.17. The third kappa shape index (κ3) is 2.93. The topological polar surface area (TPSA) is 58.4 Å². The Morgan fingerprint density at radius 2 is 2.50 bits per heavy atom. The Labute approximate surface area is 82.3 Å². The molecular formula is C9H13N3O2. The van der Waals surface area contributed by atoms with Crippen molar-refractivity contribution < 1.29 is 9.90 Å². The summed E-state index contributed by atoms with van der Waals surface area (Å²) in [5, 5.41) is 8.41. The minimum Gasteiger partial charge on any atom is -0.478 e. The van der Waals surface area contributed by atoms with Crippen LogP contribution in [-0.4, -0.2) is 32.6 Å². The van der Waals surface area contributed by atoms with Crippen molar-refractivity contribution in [3.05, 3.63) is 30.5 Å². The van der Waals surface area contributed by atoms with Crippen LogP contribution in [0.3, 0.4) is 0 Å². The van der Waals surface area contributed by atoms with Crippen LogP contribution in [0.2, 0.25) is 0 Å². The second-order valence-corrected chi connectivity index (χ2v) is 3.02. The Balaban J connectivity index is 2.53. The van der Waals surface area contributed by atoms with Crippen LogP contribution in [0.5, 0.6) is 0 Å². The predicted octanol–water partition coefficient (Wildman–Crippen LogP) is 0.450. The number of carbonyl (C=O) groups is 1. The Morgan fingerprint density at radius 1 is 1.79 bits per heavy atom. The zero-order chi connectivity index (χ0) is 10.6. The molecule has 0 amide bonds. The van der Waals surface area contributed by atoms with E-state index in [2.05, 4.69) is 4.98 Å². The minimum atomic E-state index is -0.948. The number of imidazole rings is 1. The van der Waals surface area contributed by atoms with Crippen molar-refractivity contribution in [3.8, 4) is 0 Å². The van der Waals surface area contributed by atoms with E-state index in [4.69, 9.17) is 5.11 Å². The predicted molar refractivity (Wildman–Crippen MR) is 51.5 cm³/mol. The zero-order valence-corrected chi connectivity index (χ0v) is 8.21. The molecule has 1 heterocycles. The van der Waals surface area contributed by atoms with Crippen LogP contribution in [0, 0.1) is 0 Å². The normalized spacial score (nSPS) is 10.7. The number of hydrogen-bond acceptors (Lipinski definition) is 3. The van der Waals surface area contributed by atoms with Gasteiger partial charge >= 0.3 is 5.97 Å². The number of carboxylic acid groups (broad SMARTS) is 1. The maximum Gasteiger partial charge on any atom is 0.329 e. The number of aliphatic carboxylic acids is 1. The highest BCUT2D eigenvalue weighted by atomic mass is 16.4. The average molecular weight is 195 g/mol. The van der Waals surface area contributed by atoms with E-state index in [1.165, 1.54) is 6.20 Å². The fourth-order valence-corrected chi connectivity index (χ4v) is 1.02. The van der Waals surface area contributed by atoms with E-state index in [1.54, 1.807) is 18.1 Å². The first-order chi connectivity index (χ1) is 6.59. The van der Waals surface area contributed by atoms with E-state index < -0.39 is 5.97 Å². The smallest absolute Gasteiger partial charge is 0.329 e. The standard InChI is InChI=1S/C9H13N3O2/c1-11(5-3-9(13)14)7-8-10-4-6-12(8)2/h3-6H,7H2,1-2H3,(H,13,14). The molecule has 76 valence electrons. The van der Waals surface area contributed by atoms with E-state index in [9.17, 15) is 4.79 Å². The second-order valence-electron chi connectivity index (χ2n) is 3.02. The summed E-state index contributed by atoms with van der Waals surface area (Å²) in [6, 6.07) is 0. The second kappa shape index (κ2) is 4.45. The maximum atomic E-state index is 10.2. The van der Waals surface area contributed by atoms with Gasteiger partial charge in [0.15, 0.2) is 0 Å². The summed E-state index contributed by atoms with van der Waals surface area (Å²) in [4.78, 5) is 16.1. The van der Waals surface area contributed by atoms with E-state index in [0.29, 0.717) is 6.54 Å². The number of aryl methyl sites for hydroxylation is 1. The van der Waals surface area contributed by atoms with Gasteiger partial charge in [-0.3, -0.25) is 0 Å². The van der Waals surface area contributed by atoms with E-state index in [-0.39, 0.29) is 0 Å². The van der Waals surface area contributed by atoms with Crippen molar-refractivity contribution in [2.75, 3.05) is 7.05 Å². The number of aromatic nitrogens is 2. The molecule has 1 rings (SSSR count). The number of carboxylic acids is 1. The van der Waals surface area contributed by atoms with Crippen LogP contribution in [-0.2, 0) is 18.4 Å². The molecule has 0 unspecified atom stereocenters. The summed E-state index contributed by atoms with van der Waals surface area (Å²) < 4.78 is 1.89. The molecule has 0 fully saturated rings. The summed E-state index contributed by atoms with van der Waals surface area (Å²) in [5.74, 6) is -0.0563. The lowest BCUT2D eigenvalue weighted by Crippen LogP contribution is -2.14. The fourth-order valence-electron chi connectivity index (χ4n) is 1.02. The third-order valence-corrected chi connectivity index (χ3v) is 1.78. The first-order valence-corrected chi connectivity index (χ1v) is 4.17. The van der Waals surface area contributed by atoms with Gasteiger partial charge in [-0.1, -0.05) is 0 Å². The van der Waals surface area contributed by atoms with Crippen molar-refractivity contribution in [3.63, 3.8) is 0 Å². The summed E-state index contributed by atoms with van der Waals surface area (Å²) in [6.45, 7) is 0.591. The Hall–Kier alpha value is -1.78. The Kier molecular flexibility index (Phi) is 3.28. The molecule has 0 aliphatic carbocycles. The molecular weight excluding hydrogens is 182 g/mol. The number of nitrogens with zero attached hydrogens (tertiary/aromatic N) is 3. The lowest BCUT2D eigenvalue weighted by atomic mass is 10.5. The molecule has 5 heteroatoms. The summed E-state index contributed by atoms with van der Waals surface area (Å²) in [5.41, 5.74) is 0. The average Bonchev–Trinajstić information content (AvgIpc) is 2.49. The van der Waals surface area contributed by atoms with Crippen molar-refractivity contribution in [2.45, 2.75) is 6.54 Å². The first-order valence-electron chi connectivity index (χ1n) is 4.17. The zero-order valence-electron chi connectivity index (χ0n) is 8.21. The van der Waals surface area contributed by atoms with Gasteiger partial charge in [-0.15, -0.1) is 0 Å². The molecule has 1 aromatic heterocycles. The lowest BCUT2D eigenvalue weighted by Gasteiger charge is -2.12. The molecule has 0 atom stereocenters. The number of hydrogen-bond donors (Lipinski definition) is 1. The van der Waals surface area contributed by atoms with E-state index in [0.717, 1.165) is 11.9 Å². The monoisotopic (exact) mass is 195 g/mol.